The number of phenols is 2. The Morgan fingerprint density at radius 2 is 1.10 bits per heavy atom. The number of hydrogen-bond acceptors (Lipinski definition) is 2. The molecule has 2 aromatic carbocycles. The fourth-order valence-electron chi connectivity index (χ4n) is 4.24. The molecule has 2 aromatic rings. The van der Waals surface area contributed by atoms with Crippen LogP contribution in [0.4, 0.5) is 0 Å². The molecule has 0 atom stereocenters. The maximum absolute atomic E-state index is 10.8. The smallest absolute Gasteiger partial charge is 0.119 e. The fraction of sp³-hybridized carbons (Fsp3) is 0.556. The summed E-state index contributed by atoms with van der Waals surface area (Å²) >= 11 is 0. The molecule has 2 rings (SSSR count). The third-order valence-electron chi connectivity index (χ3n) is 5.81. The Morgan fingerprint density at radius 3 is 1.45 bits per heavy atom. The highest BCUT2D eigenvalue weighted by molar-refractivity contribution is 5.50. The van der Waals surface area contributed by atoms with Gasteiger partial charge in [-0.3, -0.25) is 0 Å². The minimum atomic E-state index is -0.140. The maximum Gasteiger partial charge on any atom is 0.119 e. The van der Waals surface area contributed by atoms with Crippen molar-refractivity contribution >= 4 is 0 Å². The van der Waals surface area contributed by atoms with Crippen molar-refractivity contribution in [2.24, 2.45) is 5.41 Å². The van der Waals surface area contributed by atoms with E-state index in [1.54, 1.807) is 0 Å². The predicted octanol–water partition coefficient (Wildman–Crippen LogP) is 7.74. The Morgan fingerprint density at radius 1 is 0.690 bits per heavy atom. The lowest BCUT2D eigenvalue weighted by Gasteiger charge is -2.33. The fourth-order valence-corrected chi connectivity index (χ4v) is 4.24. The molecule has 0 aromatic heterocycles. The zero-order chi connectivity index (χ0) is 21.4. The number of rotatable bonds is 10. The van der Waals surface area contributed by atoms with Gasteiger partial charge in [0, 0.05) is 17.0 Å². The first-order valence-corrected chi connectivity index (χ1v) is 11.4. The van der Waals surface area contributed by atoms with E-state index < -0.39 is 0 Å². The van der Waals surface area contributed by atoms with Crippen LogP contribution in [0, 0.1) is 5.41 Å². The number of phenolic OH excluding ortho intramolecular Hbond substituents is 2. The summed E-state index contributed by atoms with van der Waals surface area (Å²) in [5.74, 6) is 0.569. The topological polar surface area (TPSA) is 40.5 Å². The van der Waals surface area contributed by atoms with Crippen LogP contribution in [0.2, 0.25) is 0 Å². The van der Waals surface area contributed by atoms with E-state index in [0.717, 1.165) is 24.0 Å². The number of benzene rings is 2. The van der Waals surface area contributed by atoms with Gasteiger partial charge in [0.2, 0.25) is 0 Å². The van der Waals surface area contributed by atoms with Crippen molar-refractivity contribution in [3.63, 3.8) is 0 Å². The van der Waals surface area contributed by atoms with Crippen LogP contribution < -0.4 is 0 Å². The zero-order valence-electron chi connectivity index (χ0n) is 19.1. The lowest BCUT2D eigenvalue weighted by Crippen LogP contribution is -2.20. The van der Waals surface area contributed by atoms with E-state index in [9.17, 15) is 10.2 Å². The first-order chi connectivity index (χ1) is 13.8. The third-order valence-corrected chi connectivity index (χ3v) is 5.81. The standard InChI is InChI=1S/C27H40O2/c1-6-8-10-12-20-14-16-24(28)22(18-20)26(27(3,4)5)23-19-21(13-11-9-7-2)15-17-25(23)29/h14-19,26,28-29H,6-13H2,1-5H3. The summed E-state index contributed by atoms with van der Waals surface area (Å²) < 4.78 is 0. The van der Waals surface area contributed by atoms with Crippen LogP contribution in [0.5, 0.6) is 11.5 Å². The van der Waals surface area contributed by atoms with Gasteiger partial charge in [-0.25, -0.2) is 0 Å². The molecule has 2 N–H and O–H groups in total. The van der Waals surface area contributed by atoms with Crippen LogP contribution in [0.1, 0.15) is 101 Å². The molecule has 0 amide bonds. The minimum absolute atomic E-state index is 0.0697. The van der Waals surface area contributed by atoms with Gasteiger partial charge < -0.3 is 10.2 Å². The molecule has 160 valence electrons. The Kier molecular flexibility index (Phi) is 8.61. The van der Waals surface area contributed by atoms with Crippen LogP contribution in [-0.2, 0) is 12.8 Å². The Balaban J connectivity index is 2.45. The van der Waals surface area contributed by atoms with Crippen molar-refractivity contribution < 1.29 is 10.2 Å². The van der Waals surface area contributed by atoms with Crippen LogP contribution in [0.25, 0.3) is 0 Å². The molecule has 2 heteroatoms. The second kappa shape index (κ2) is 10.7. The van der Waals surface area contributed by atoms with E-state index in [2.05, 4.69) is 46.8 Å². The molecule has 0 saturated carbocycles. The van der Waals surface area contributed by atoms with E-state index in [-0.39, 0.29) is 11.3 Å². The Labute approximate surface area is 178 Å². The lowest BCUT2D eigenvalue weighted by molar-refractivity contribution is 0.337. The highest BCUT2D eigenvalue weighted by Gasteiger charge is 2.32. The Bertz CT molecular complexity index is 711. The van der Waals surface area contributed by atoms with E-state index in [0.29, 0.717) is 11.5 Å². The summed E-state index contributed by atoms with van der Waals surface area (Å²) in [6.07, 6.45) is 9.24. The van der Waals surface area contributed by atoms with Crippen LogP contribution in [-0.4, -0.2) is 10.2 Å². The highest BCUT2D eigenvalue weighted by atomic mass is 16.3. The summed E-state index contributed by atoms with van der Waals surface area (Å²) in [5, 5.41) is 21.5. The van der Waals surface area contributed by atoms with E-state index in [1.165, 1.54) is 49.7 Å². The van der Waals surface area contributed by atoms with Crippen LogP contribution in [0.15, 0.2) is 36.4 Å². The largest absolute Gasteiger partial charge is 0.508 e. The van der Waals surface area contributed by atoms with Gasteiger partial charge in [0.05, 0.1) is 0 Å². The van der Waals surface area contributed by atoms with Gasteiger partial charge in [-0.15, -0.1) is 0 Å². The Hall–Kier alpha value is -1.96. The molecule has 2 nitrogen and oxygen atoms in total. The first-order valence-electron chi connectivity index (χ1n) is 11.4. The van der Waals surface area contributed by atoms with Crippen molar-refractivity contribution in [1.82, 2.24) is 0 Å². The van der Waals surface area contributed by atoms with E-state index >= 15 is 0 Å². The van der Waals surface area contributed by atoms with Crippen molar-refractivity contribution in [3.8, 4) is 11.5 Å². The number of aryl methyl sites for hydroxylation is 2. The second-order valence-electron chi connectivity index (χ2n) is 9.50. The molecule has 0 spiro atoms. The maximum atomic E-state index is 10.8. The van der Waals surface area contributed by atoms with Crippen molar-refractivity contribution in [1.29, 1.82) is 0 Å². The predicted molar refractivity (Wildman–Crippen MR) is 124 cm³/mol. The van der Waals surface area contributed by atoms with Gasteiger partial charge >= 0.3 is 0 Å². The molecule has 0 unspecified atom stereocenters. The lowest BCUT2D eigenvalue weighted by atomic mass is 9.71. The molecule has 0 aliphatic rings. The van der Waals surface area contributed by atoms with Crippen molar-refractivity contribution in [3.05, 3.63) is 58.7 Å². The summed E-state index contributed by atoms with van der Waals surface area (Å²) in [6.45, 7) is 11.0. The quantitative estimate of drug-likeness (QED) is 0.403. The zero-order valence-corrected chi connectivity index (χ0v) is 19.1. The number of hydrogen-bond donors (Lipinski definition) is 2. The van der Waals surface area contributed by atoms with E-state index in [1.807, 2.05) is 24.3 Å². The van der Waals surface area contributed by atoms with Gasteiger partial charge in [0.15, 0.2) is 0 Å². The molecule has 0 aliphatic heterocycles. The molecule has 0 bridgehead atoms. The molecule has 0 radical (unpaired) electrons. The molecule has 0 aliphatic carbocycles. The first kappa shape index (κ1) is 23.3. The summed E-state index contributed by atoms with van der Waals surface area (Å²) in [4.78, 5) is 0. The van der Waals surface area contributed by atoms with Crippen LogP contribution in [0.3, 0.4) is 0 Å². The van der Waals surface area contributed by atoms with Crippen LogP contribution >= 0.6 is 0 Å². The molecule has 29 heavy (non-hydrogen) atoms. The molecular formula is C27H40O2. The second-order valence-corrected chi connectivity index (χ2v) is 9.50. The molecule has 0 heterocycles. The number of unbranched alkanes of at least 4 members (excludes halogenated alkanes) is 4. The summed E-state index contributed by atoms with van der Waals surface area (Å²) in [6, 6.07) is 12.0. The SMILES string of the molecule is CCCCCc1ccc(O)c(C(c2cc(CCCCC)ccc2O)C(C)(C)C)c1. The average Bonchev–Trinajstić information content (AvgIpc) is 2.66. The summed E-state index contributed by atoms with van der Waals surface area (Å²) in [7, 11) is 0. The van der Waals surface area contributed by atoms with Crippen molar-refractivity contribution in [2.75, 3.05) is 0 Å². The normalized spacial score (nSPS) is 11.9. The number of aromatic hydroxyl groups is 2. The molecule has 0 saturated heterocycles. The van der Waals surface area contributed by atoms with Gasteiger partial charge in [0.1, 0.15) is 11.5 Å². The average molecular weight is 397 g/mol. The third kappa shape index (κ3) is 6.52. The minimum Gasteiger partial charge on any atom is -0.508 e. The van der Waals surface area contributed by atoms with Gasteiger partial charge in [-0.1, -0.05) is 84.6 Å². The van der Waals surface area contributed by atoms with Gasteiger partial charge in [-0.2, -0.15) is 0 Å². The van der Waals surface area contributed by atoms with Gasteiger partial charge in [-0.05, 0) is 54.4 Å². The van der Waals surface area contributed by atoms with Crippen molar-refractivity contribution in [2.45, 2.75) is 91.9 Å². The molecular weight excluding hydrogens is 356 g/mol. The summed E-state index contributed by atoms with van der Waals surface area (Å²) in [5.41, 5.74) is 4.23. The monoisotopic (exact) mass is 396 g/mol. The highest BCUT2D eigenvalue weighted by Crippen LogP contribution is 2.47. The van der Waals surface area contributed by atoms with E-state index in [4.69, 9.17) is 0 Å². The van der Waals surface area contributed by atoms with Gasteiger partial charge in [0.25, 0.3) is 0 Å². The molecule has 0 fully saturated rings.